The zero-order valence-electron chi connectivity index (χ0n) is 16.4. The number of piperidine rings is 1. The van der Waals surface area contributed by atoms with Crippen LogP contribution in [0.2, 0.25) is 0 Å². The largest absolute Gasteiger partial charge is 0.434 e. The molecule has 31 heavy (non-hydrogen) atoms. The van der Waals surface area contributed by atoms with Crippen LogP contribution >= 0.6 is 11.3 Å². The maximum Gasteiger partial charge on any atom is 0.434 e. The van der Waals surface area contributed by atoms with Crippen LogP contribution in [-0.2, 0) is 6.18 Å². The molecule has 4 aromatic rings. The number of alkyl halides is 3. The van der Waals surface area contributed by atoms with Crippen molar-refractivity contribution in [2.75, 3.05) is 18.0 Å². The highest BCUT2D eigenvalue weighted by molar-refractivity contribution is 7.09. The summed E-state index contributed by atoms with van der Waals surface area (Å²) in [5, 5.41) is 2.56. The van der Waals surface area contributed by atoms with E-state index in [0.717, 1.165) is 58.4 Å². The van der Waals surface area contributed by atoms with Gasteiger partial charge in [0.2, 0.25) is 0 Å². The Labute approximate surface area is 180 Å². The maximum absolute atomic E-state index is 13.0. The molecule has 4 heterocycles. The molecule has 1 saturated heterocycles. The highest BCUT2D eigenvalue weighted by Crippen LogP contribution is 2.37. The summed E-state index contributed by atoms with van der Waals surface area (Å²) in [5.41, 5.74) is 0.830. The Morgan fingerprint density at radius 3 is 2.68 bits per heavy atom. The Morgan fingerprint density at radius 1 is 1.03 bits per heavy atom. The summed E-state index contributed by atoms with van der Waals surface area (Å²) in [5.74, 6) is 1.31. The topological polar surface area (TPSA) is 54.8 Å². The third-order valence-corrected chi connectivity index (χ3v) is 6.39. The predicted molar refractivity (Wildman–Crippen MR) is 114 cm³/mol. The number of rotatable bonds is 3. The first kappa shape index (κ1) is 19.9. The van der Waals surface area contributed by atoms with Gasteiger partial charge in [-0.05, 0) is 37.1 Å². The predicted octanol–water partition coefficient (Wildman–Crippen LogP) is 5.55. The van der Waals surface area contributed by atoms with Gasteiger partial charge in [0.05, 0.1) is 10.5 Å². The van der Waals surface area contributed by atoms with Crippen LogP contribution in [0.5, 0.6) is 0 Å². The van der Waals surface area contributed by atoms with Gasteiger partial charge in [-0.15, -0.1) is 11.3 Å². The third kappa shape index (κ3) is 3.97. The van der Waals surface area contributed by atoms with E-state index < -0.39 is 11.9 Å². The number of benzene rings is 1. The van der Waals surface area contributed by atoms with Gasteiger partial charge >= 0.3 is 6.18 Å². The molecule has 1 aromatic carbocycles. The van der Waals surface area contributed by atoms with Crippen molar-refractivity contribution in [3.05, 3.63) is 64.9 Å². The van der Waals surface area contributed by atoms with Gasteiger partial charge in [-0.2, -0.15) is 13.2 Å². The van der Waals surface area contributed by atoms with Gasteiger partial charge < -0.3 is 4.90 Å². The number of pyridine rings is 1. The lowest BCUT2D eigenvalue weighted by atomic mass is 9.98. The van der Waals surface area contributed by atoms with Crippen LogP contribution in [0.15, 0.2) is 54.2 Å². The molecule has 0 bridgehead atoms. The van der Waals surface area contributed by atoms with E-state index in [1.54, 1.807) is 12.4 Å². The summed E-state index contributed by atoms with van der Waals surface area (Å²) < 4.78 is 39.0. The van der Waals surface area contributed by atoms with Crippen LogP contribution in [0.25, 0.3) is 22.3 Å². The maximum atomic E-state index is 13.0. The van der Waals surface area contributed by atoms with Crippen molar-refractivity contribution in [2.24, 2.45) is 0 Å². The van der Waals surface area contributed by atoms with Crippen molar-refractivity contribution >= 4 is 28.1 Å². The van der Waals surface area contributed by atoms with Crippen LogP contribution in [0.3, 0.4) is 0 Å². The molecule has 5 nitrogen and oxygen atoms in total. The number of aromatic nitrogens is 4. The lowest BCUT2D eigenvalue weighted by Gasteiger charge is -2.33. The number of fused-ring (bicyclic) bond motifs is 1. The van der Waals surface area contributed by atoms with Gasteiger partial charge in [-0.25, -0.2) is 15.0 Å². The van der Waals surface area contributed by atoms with Crippen molar-refractivity contribution < 1.29 is 13.2 Å². The number of nitrogens with zero attached hydrogens (tertiary/aromatic N) is 5. The Hall–Kier alpha value is -3.07. The second-order valence-corrected chi connectivity index (χ2v) is 8.37. The molecule has 1 atom stereocenters. The molecule has 0 spiro atoms. The summed E-state index contributed by atoms with van der Waals surface area (Å²) >= 11 is 1.09. The Balaban J connectivity index is 1.52. The molecule has 1 aliphatic rings. The summed E-state index contributed by atoms with van der Waals surface area (Å²) in [6.45, 7) is 1.35. The molecular formula is C22H18F3N5S. The second kappa shape index (κ2) is 7.88. The molecule has 5 rings (SSSR count). The molecular weight excluding hydrogens is 423 g/mol. The summed E-state index contributed by atoms with van der Waals surface area (Å²) in [6, 6.07) is 11.5. The normalized spacial score (nSPS) is 17.3. The number of hydrogen-bond acceptors (Lipinski definition) is 6. The molecule has 1 unspecified atom stereocenters. The lowest BCUT2D eigenvalue weighted by molar-refractivity contribution is -0.140. The van der Waals surface area contributed by atoms with E-state index in [0.29, 0.717) is 17.4 Å². The van der Waals surface area contributed by atoms with Gasteiger partial charge in [-0.3, -0.25) is 4.98 Å². The zero-order chi connectivity index (χ0) is 21.4. The number of para-hydroxylation sites is 1. The minimum absolute atomic E-state index is 0.0644. The van der Waals surface area contributed by atoms with Gasteiger partial charge in [0.15, 0.2) is 11.5 Å². The quantitative estimate of drug-likeness (QED) is 0.417. The summed E-state index contributed by atoms with van der Waals surface area (Å²) in [4.78, 5) is 19.7. The smallest absolute Gasteiger partial charge is 0.355 e. The highest BCUT2D eigenvalue weighted by atomic mass is 32.1. The van der Waals surface area contributed by atoms with Crippen molar-refractivity contribution in [3.8, 4) is 11.4 Å². The monoisotopic (exact) mass is 441 g/mol. The van der Waals surface area contributed by atoms with Crippen LogP contribution < -0.4 is 4.90 Å². The molecule has 1 aliphatic heterocycles. The van der Waals surface area contributed by atoms with Crippen molar-refractivity contribution in [1.29, 1.82) is 0 Å². The van der Waals surface area contributed by atoms with E-state index >= 15 is 0 Å². The average molecular weight is 441 g/mol. The van der Waals surface area contributed by atoms with E-state index in [1.165, 1.54) is 0 Å². The van der Waals surface area contributed by atoms with Crippen molar-refractivity contribution in [1.82, 2.24) is 19.9 Å². The Morgan fingerprint density at radius 2 is 1.90 bits per heavy atom. The molecule has 0 amide bonds. The highest BCUT2D eigenvalue weighted by Gasteiger charge is 2.35. The van der Waals surface area contributed by atoms with Crippen molar-refractivity contribution in [3.63, 3.8) is 0 Å². The van der Waals surface area contributed by atoms with Crippen molar-refractivity contribution in [2.45, 2.75) is 24.9 Å². The van der Waals surface area contributed by atoms with Crippen LogP contribution in [0.1, 0.15) is 29.5 Å². The van der Waals surface area contributed by atoms with Gasteiger partial charge in [0.1, 0.15) is 5.82 Å². The second-order valence-electron chi connectivity index (χ2n) is 7.48. The fourth-order valence-electron chi connectivity index (χ4n) is 3.90. The molecule has 0 N–H and O–H groups in total. The van der Waals surface area contributed by atoms with E-state index in [4.69, 9.17) is 9.97 Å². The number of thiazole rings is 1. The van der Waals surface area contributed by atoms with E-state index in [1.807, 2.05) is 36.4 Å². The average Bonchev–Trinajstić information content (AvgIpc) is 3.30. The first-order chi connectivity index (χ1) is 15.0. The van der Waals surface area contributed by atoms with Crippen LogP contribution in [0, 0.1) is 0 Å². The molecule has 3 aromatic heterocycles. The zero-order valence-corrected chi connectivity index (χ0v) is 17.2. The number of halogens is 3. The standard InChI is InChI=1S/C22H18F3N5S/c23-22(24,25)18-13-31-21(28-18)15-6-4-10-30(12-15)20-16-7-1-2-8-17(16)27-19(29-20)14-5-3-9-26-11-14/h1-3,5,7-9,11,13,15H,4,6,10,12H2. The van der Waals surface area contributed by atoms with Gasteiger partial charge in [0.25, 0.3) is 0 Å². The fraction of sp³-hybridized carbons (Fsp3) is 0.273. The summed E-state index contributed by atoms with van der Waals surface area (Å²) in [7, 11) is 0. The molecule has 9 heteroatoms. The van der Waals surface area contributed by atoms with Gasteiger partial charge in [-0.1, -0.05) is 12.1 Å². The molecule has 0 aliphatic carbocycles. The molecule has 0 saturated carbocycles. The minimum Gasteiger partial charge on any atom is -0.355 e. The van der Waals surface area contributed by atoms with E-state index in [2.05, 4.69) is 14.9 Å². The minimum atomic E-state index is -4.41. The van der Waals surface area contributed by atoms with Crippen LogP contribution in [-0.4, -0.2) is 33.0 Å². The molecule has 0 radical (unpaired) electrons. The molecule has 158 valence electrons. The lowest BCUT2D eigenvalue weighted by Crippen LogP contribution is -2.35. The SMILES string of the molecule is FC(F)(F)c1csc(C2CCCN(c3nc(-c4cccnc4)nc4ccccc34)C2)n1. The fourth-order valence-corrected chi connectivity index (χ4v) is 4.86. The first-order valence-corrected chi connectivity index (χ1v) is 10.8. The van der Waals surface area contributed by atoms with E-state index in [-0.39, 0.29) is 5.92 Å². The van der Waals surface area contributed by atoms with Crippen LogP contribution in [0.4, 0.5) is 19.0 Å². The van der Waals surface area contributed by atoms with E-state index in [9.17, 15) is 13.2 Å². The first-order valence-electron chi connectivity index (χ1n) is 9.94. The third-order valence-electron chi connectivity index (χ3n) is 5.39. The Kier molecular flexibility index (Phi) is 5.05. The molecule has 1 fully saturated rings. The number of anilines is 1. The summed E-state index contributed by atoms with van der Waals surface area (Å²) in [6.07, 6.45) is 0.668. The Bertz CT molecular complexity index is 1210. The number of hydrogen-bond donors (Lipinski definition) is 0. The van der Waals surface area contributed by atoms with Gasteiger partial charge in [0, 0.05) is 47.7 Å².